The van der Waals surface area contributed by atoms with E-state index < -0.39 is 39.3 Å². The molecule has 0 radical (unpaired) electrons. The van der Waals surface area contributed by atoms with Crippen molar-refractivity contribution >= 4 is 21.7 Å². The van der Waals surface area contributed by atoms with Crippen LogP contribution in [0.2, 0.25) is 0 Å². The van der Waals surface area contributed by atoms with Gasteiger partial charge in [0.2, 0.25) is 10.0 Å². The van der Waals surface area contributed by atoms with Crippen molar-refractivity contribution < 1.29 is 22.3 Å². The third kappa shape index (κ3) is 4.15. The van der Waals surface area contributed by atoms with Crippen LogP contribution in [0.3, 0.4) is 0 Å². The average Bonchev–Trinajstić information content (AvgIpc) is 2.38. The lowest BCUT2D eigenvalue weighted by atomic mass is 10.3. The van der Waals surface area contributed by atoms with Crippen molar-refractivity contribution in [1.82, 2.24) is 4.31 Å². The first-order valence-electron chi connectivity index (χ1n) is 6.42. The third-order valence-corrected chi connectivity index (χ3v) is 4.74. The van der Waals surface area contributed by atoms with Crippen molar-refractivity contribution in [3.63, 3.8) is 0 Å². The summed E-state index contributed by atoms with van der Waals surface area (Å²) in [7, 11) is -4.19. The van der Waals surface area contributed by atoms with Crippen molar-refractivity contribution in [2.24, 2.45) is 0 Å². The third-order valence-electron chi connectivity index (χ3n) is 2.71. The van der Waals surface area contributed by atoms with Crippen molar-refractivity contribution in [1.29, 1.82) is 0 Å². The van der Waals surface area contributed by atoms with Crippen LogP contribution in [-0.4, -0.2) is 37.9 Å². The summed E-state index contributed by atoms with van der Waals surface area (Å²) in [5.41, 5.74) is 5.63. The van der Waals surface area contributed by atoms with Crippen LogP contribution in [-0.2, 0) is 19.6 Å². The molecule has 1 aromatic rings. The number of anilines is 1. The van der Waals surface area contributed by atoms with Crippen molar-refractivity contribution in [2.75, 3.05) is 18.9 Å². The highest BCUT2D eigenvalue weighted by atomic mass is 32.2. The molecule has 0 aromatic heterocycles. The molecule has 8 heteroatoms. The Bertz CT molecular complexity index is 617. The number of nitrogen functional groups attached to an aromatic ring is 1. The van der Waals surface area contributed by atoms with Gasteiger partial charge in [-0.3, -0.25) is 4.79 Å². The monoisotopic (exact) mass is 318 g/mol. The van der Waals surface area contributed by atoms with Crippen LogP contribution in [0.1, 0.15) is 20.8 Å². The molecule has 0 saturated carbocycles. The van der Waals surface area contributed by atoms with Crippen LogP contribution < -0.4 is 5.73 Å². The number of hydrogen-bond acceptors (Lipinski definition) is 5. The summed E-state index contributed by atoms with van der Waals surface area (Å²) in [4.78, 5) is 11.0. The molecule has 0 heterocycles. The molecule has 0 spiro atoms. The second kappa shape index (κ2) is 6.86. The number of halogens is 1. The zero-order valence-electron chi connectivity index (χ0n) is 12.2. The number of rotatable bonds is 6. The summed E-state index contributed by atoms with van der Waals surface area (Å²) in [6, 6.07) is 2.73. The van der Waals surface area contributed by atoms with Gasteiger partial charge in [-0.15, -0.1) is 0 Å². The van der Waals surface area contributed by atoms with Gasteiger partial charge in [-0.25, -0.2) is 12.8 Å². The molecule has 0 aliphatic heterocycles. The minimum Gasteiger partial charge on any atom is -0.465 e. The fourth-order valence-electron chi connectivity index (χ4n) is 1.72. The van der Waals surface area contributed by atoms with Gasteiger partial charge in [0, 0.05) is 11.7 Å². The Morgan fingerprint density at radius 1 is 1.43 bits per heavy atom. The Balaban J connectivity index is 3.22. The van der Waals surface area contributed by atoms with Gasteiger partial charge in [0.1, 0.15) is 17.3 Å². The Labute approximate surface area is 123 Å². The topological polar surface area (TPSA) is 89.7 Å². The molecule has 0 unspecified atom stereocenters. The van der Waals surface area contributed by atoms with Gasteiger partial charge in [0.15, 0.2) is 0 Å². The Morgan fingerprint density at radius 3 is 2.57 bits per heavy atom. The highest BCUT2D eigenvalue weighted by molar-refractivity contribution is 7.89. The fraction of sp³-hybridized carbons (Fsp3) is 0.462. The Hall–Kier alpha value is -1.67. The van der Waals surface area contributed by atoms with E-state index in [1.165, 1.54) is 6.07 Å². The Kier molecular flexibility index (Phi) is 5.68. The molecule has 2 N–H and O–H groups in total. The molecular weight excluding hydrogens is 299 g/mol. The SMILES string of the molecule is CCOC(=O)CN(C(C)C)S(=O)(=O)c1cc(N)ccc1F. The van der Waals surface area contributed by atoms with E-state index in [9.17, 15) is 17.6 Å². The standard InChI is InChI=1S/C13H19FN2O4S/c1-4-20-13(17)8-16(9(2)3)21(18,19)12-7-10(15)5-6-11(12)14/h5-7,9H,4,8,15H2,1-3H3. The van der Waals surface area contributed by atoms with E-state index in [1.54, 1.807) is 20.8 Å². The minimum atomic E-state index is -4.19. The molecular formula is C13H19FN2O4S. The first-order valence-corrected chi connectivity index (χ1v) is 7.86. The maximum absolute atomic E-state index is 13.8. The molecule has 0 fully saturated rings. The van der Waals surface area contributed by atoms with Crippen LogP contribution in [0, 0.1) is 5.82 Å². The lowest BCUT2D eigenvalue weighted by molar-refractivity contribution is -0.143. The highest BCUT2D eigenvalue weighted by Crippen LogP contribution is 2.23. The molecule has 1 aromatic carbocycles. The average molecular weight is 318 g/mol. The normalized spacial score (nSPS) is 11.9. The van der Waals surface area contributed by atoms with Gasteiger partial charge in [-0.1, -0.05) is 0 Å². The van der Waals surface area contributed by atoms with Crippen LogP contribution >= 0.6 is 0 Å². The molecule has 1 rings (SSSR count). The van der Waals surface area contributed by atoms with E-state index in [0.717, 1.165) is 16.4 Å². The number of esters is 1. The molecule has 6 nitrogen and oxygen atoms in total. The lowest BCUT2D eigenvalue weighted by Crippen LogP contribution is -2.41. The number of carbonyl (C=O) groups is 1. The maximum atomic E-state index is 13.8. The maximum Gasteiger partial charge on any atom is 0.321 e. The molecule has 0 aliphatic rings. The van der Waals surface area contributed by atoms with Gasteiger partial charge < -0.3 is 10.5 Å². The predicted molar refractivity (Wildman–Crippen MR) is 76.5 cm³/mol. The van der Waals surface area contributed by atoms with Crippen LogP contribution in [0.4, 0.5) is 10.1 Å². The molecule has 0 bridgehead atoms. The summed E-state index contributed by atoms with van der Waals surface area (Å²) in [5, 5.41) is 0. The number of carbonyl (C=O) groups excluding carboxylic acids is 1. The van der Waals surface area contributed by atoms with E-state index >= 15 is 0 Å². The van der Waals surface area contributed by atoms with Crippen molar-refractivity contribution in [3.05, 3.63) is 24.0 Å². The predicted octanol–water partition coefficient (Wildman–Crippen LogP) is 1.37. The van der Waals surface area contributed by atoms with E-state index in [0.29, 0.717) is 0 Å². The second-order valence-electron chi connectivity index (χ2n) is 4.64. The Morgan fingerprint density at radius 2 is 2.05 bits per heavy atom. The minimum absolute atomic E-state index is 0.120. The van der Waals surface area contributed by atoms with Gasteiger partial charge in [0.05, 0.1) is 6.61 Å². The first kappa shape index (κ1) is 17.4. The van der Waals surface area contributed by atoms with Gasteiger partial charge in [-0.05, 0) is 39.0 Å². The van der Waals surface area contributed by atoms with E-state index in [2.05, 4.69) is 0 Å². The lowest BCUT2D eigenvalue weighted by Gasteiger charge is -2.25. The quantitative estimate of drug-likeness (QED) is 0.632. The molecule has 0 aliphatic carbocycles. The van der Waals surface area contributed by atoms with Gasteiger partial charge in [-0.2, -0.15) is 4.31 Å². The molecule has 21 heavy (non-hydrogen) atoms. The summed E-state index contributed by atoms with van der Waals surface area (Å²) < 4.78 is 44.4. The van der Waals surface area contributed by atoms with Gasteiger partial charge in [0.25, 0.3) is 0 Å². The summed E-state index contributed by atoms with van der Waals surface area (Å²) >= 11 is 0. The number of nitrogens with two attached hydrogens (primary N) is 1. The summed E-state index contributed by atoms with van der Waals surface area (Å²) in [5.74, 6) is -1.61. The van der Waals surface area contributed by atoms with E-state index in [4.69, 9.17) is 10.5 Å². The molecule has 118 valence electrons. The van der Waals surface area contributed by atoms with E-state index in [1.807, 2.05) is 0 Å². The summed E-state index contributed by atoms with van der Waals surface area (Å²) in [6.45, 7) is 4.44. The zero-order chi connectivity index (χ0) is 16.2. The smallest absolute Gasteiger partial charge is 0.321 e. The molecule has 0 saturated heterocycles. The van der Waals surface area contributed by atoms with Crippen LogP contribution in [0.5, 0.6) is 0 Å². The van der Waals surface area contributed by atoms with Crippen molar-refractivity contribution in [3.8, 4) is 0 Å². The van der Waals surface area contributed by atoms with Crippen LogP contribution in [0.25, 0.3) is 0 Å². The number of sulfonamides is 1. The summed E-state index contributed by atoms with van der Waals surface area (Å²) in [6.07, 6.45) is 0. The van der Waals surface area contributed by atoms with Crippen LogP contribution in [0.15, 0.2) is 23.1 Å². The number of hydrogen-bond donors (Lipinski definition) is 1. The fourth-order valence-corrected chi connectivity index (χ4v) is 3.41. The second-order valence-corrected chi connectivity index (χ2v) is 6.50. The molecule has 0 atom stereocenters. The zero-order valence-corrected chi connectivity index (χ0v) is 13.0. The largest absolute Gasteiger partial charge is 0.465 e. The molecule has 0 amide bonds. The number of ether oxygens (including phenoxy) is 1. The van der Waals surface area contributed by atoms with Gasteiger partial charge >= 0.3 is 5.97 Å². The number of benzene rings is 1. The number of nitrogens with zero attached hydrogens (tertiary/aromatic N) is 1. The van der Waals surface area contributed by atoms with E-state index in [-0.39, 0.29) is 12.3 Å². The van der Waals surface area contributed by atoms with Crippen molar-refractivity contribution in [2.45, 2.75) is 31.7 Å². The highest BCUT2D eigenvalue weighted by Gasteiger charge is 2.31. The first-order chi connectivity index (χ1) is 9.70.